The van der Waals surface area contributed by atoms with E-state index >= 15 is 0 Å². The van der Waals surface area contributed by atoms with Gasteiger partial charge in [0, 0.05) is 29.4 Å². The average Bonchev–Trinajstić information content (AvgIpc) is 2.14. The van der Waals surface area contributed by atoms with Crippen LogP contribution < -0.4 is 8.72 Å². The van der Waals surface area contributed by atoms with Crippen LogP contribution in [-0.2, 0) is 6.42 Å². The van der Waals surface area contributed by atoms with E-state index in [1.54, 1.807) is 5.19 Å². The molecule has 1 nitrogen and oxygen atoms in total. The Hall–Kier alpha value is 0.127. The molecule has 3 heteroatoms. The second-order valence-corrected chi connectivity index (χ2v) is 10.4. The highest BCUT2D eigenvalue weighted by Gasteiger charge is 2.15. The van der Waals surface area contributed by atoms with Gasteiger partial charge in [0.25, 0.3) is 0 Å². The van der Waals surface area contributed by atoms with E-state index in [1.165, 1.54) is 5.56 Å². The smallest absolute Gasteiger partial charge is 0.0775 e. The molecule has 1 N–H and O–H groups in total. The Morgan fingerprint density at radius 2 is 1.71 bits per heavy atom. The molecule has 0 unspecified atom stereocenters. The second kappa shape index (κ2) is 5.28. The third-order valence-corrected chi connectivity index (χ3v) is 4.93. The van der Waals surface area contributed by atoms with Crippen molar-refractivity contribution in [3.8, 4) is 0 Å². The number of hydrogen-bond acceptors (Lipinski definition) is 1. The van der Waals surface area contributed by atoms with Crippen molar-refractivity contribution >= 4 is 36.1 Å². The molecule has 0 spiro atoms. The normalized spacial score (nSPS) is 11.7. The molecule has 78 valence electrons. The molecule has 1 aromatic carbocycles. The Bertz CT molecular complexity index is 276. The predicted octanol–water partition coefficient (Wildman–Crippen LogP) is 2.71. The summed E-state index contributed by atoms with van der Waals surface area (Å²) in [6, 6.07) is 9.13. The minimum atomic E-state index is -1.10. The summed E-state index contributed by atoms with van der Waals surface area (Å²) in [5, 5.41) is 1.55. The maximum absolute atomic E-state index is 3.14. The number of halogens is 1. The van der Waals surface area contributed by atoms with Crippen molar-refractivity contribution in [3.05, 3.63) is 29.8 Å². The van der Waals surface area contributed by atoms with E-state index in [0.29, 0.717) is 0 Å². The summed E-state index contributed by atoms with van der Waals surface area (Å²) >= 11 is 2.19. The Balaban J connectivity index is 2.69. The van der Waals surface area contributed by atoms with E-state index in [1.807, 2.05) is 0 Å². The molecule has 0 saturated heterocycles. The molecular weight excluding hydrogens is 301 g/mol. The van der Waals surface area contributed by atoms with Gasteiger partial charge < -0.3 is 0 Å². The lowest BCUT2D eigenvalue weighted by Crippen LogP contribution is -2.37. The van der Waals surface area contributed by atoms with E-state index < -0.39 is 8.07 Å². The number of rotatable bonds is 4. The fourth-order valence-electron chi connectivity index (χ4n) is 1.36. The van der Waals surface area contributed by atoms with Crippen molar-refractivity contribution in [2.75, 3.05) is 6.54 Å². The van der Waals surface area contributed by atoms with E-state index in [-0.39, 0.29) is 0 Å². The van der Waals surface area contributed by atoms with Gasteiger partial charge in [-0.05, 0) is 12.0 Å². The molecular formula is C11H18INSi. The zero-order valence-electron chi connectivity index (χ0n) is 9.10. The molecule has 1 rings (SSSR count). The van der Waals surface area contributed by atoms with Gasteiger partial charge in [0.2, 0.25) is 0 Å². The summed E-state index contributed by atoms with van der Waals surface area (Å²) in [4.78, 5) is 0. The first-order valence-electron chi connectivity index (χ1n) is 4.97. The first-order valence-corrected chi connectivity index (χ1v) is 9.55. The molecule has 0 aliphatic carbocycles. The summed E-state index contributed by atoms with van der Waals surface area (Å²) < 4.78 is 3.14. The molecule has 0 atom stereocenters. The fraction of sp³-hybridized carbons (Fsp3) is 0.455. The van der Waals surface area contributed by atoms with Gasteiger partial charge in [-0.2, -0.15) is 0 Å². The van der Waals surface area contributed by atoms with Crippen LogP contribution in [0.25, 0.3) is 0 Å². The topological polar surface area (TPSA) is 12.0 Å². The van der Waals surface area contributed by atoms with Crippen molar-refractivity contribution in [2.24, 2.45) is 0 Å². The molecule has 0 aliphatic rings. The molecule has 0 aliphatic heterocycles. The number of nitrogens with one attached hydrogen (secondary N) is 1. The van der Waals surface area contributed by atoms with Gasteiger partial charge in [-0.3, -0.25) is 3.53 Å². The van der Waals surface area contributed by atoms with Crippen LogP contribution in [0, 0.1) is 0 Å². The molecule has 14 heavy (non-hydrogen) atoms. The SMILES string of the molecule is C[Si](C)(C)c1ccc(CCNI)cc1. The van der Waals surface area contributed by atoms with Crippen LogP contribution in [0.3, 0.4) is 0 Å². The zero-order chi connectivity index (χ0) is 10.6. The van der Waals surface area contributed by atoms with E-state index in [2.05, 4.69) is 70.3 Å². The van der Waals surface area contributed by atoms with Crippen molar-refractivity contribution in [2.45, 2.75) is 26.1 Å². The lowest BCUT2D eigenvalue weighted by Gasteiger charge is -2.16. The first-order chi connectivity index (χ1) is 6.54. The van der Waals surface area contributed by atoms with Crippen LogP contribution in [0.5, 0.6) is 0 Å². The monoisotopic (exact) mass is 319 g/mol. The largest absolute Gasteiger partial charge is 0.261 e. The summed E-state index contributed by atoms with van der Waals surface area (Å²) in [6.07, 6.45) is 1.12. The highest BCUT2D eigenvalue weighted by atomic mass is 127. The molecule has 0 amide bonds. The second-order valence-electron chi connectivity index (χ2n) is 4.58. The maximum Gasteiger partial charge on any atom is 0.0775 e. The van der Waals surface area contributed by atoms with Crippen LogP contribution in [0.4, 0.5) is 0 Å². The molecule has 0 radical (unpaired) electrons. The van der Waals surface area contributed by atoms with Gasteiger partial charge in [0.05, 0.1) is 8.07 Å². The highest BCUT2D eigenvalue weighted by Crippen LogP contribution is 2.04. The summed E-state index contributed by atoms with van der Waals surface area (Å²) in [5.41, 5.74) is 1.43. The molecule has 1 aromatic rings. The Morgan fingerprint density at radius 3 is 2.14 bits per heavy atom. The fourth-order valence-corrected chi connectivity index (χ4v) is 2.80. The molecule has 0 saturated carbocycles. The van der Waals surface area contributed by atoms with Crippen LogP contribution in [0.2, 0.25) is 19.6 Å². The zero-order valence-corrected chi connectivity index (χ0v) is 12.3. The third-order valence-electron chi connectivity index (χ3n) is 2.33. The van der Waals surface area contributed by atoms with Crippen molar-refractivity contribution < 1.29 is 0 Å². The van der Waals surface area contributed by atoms with Crippen molar-refractivity contribution in [1.82, 2.24) is 3.53 Å². The standard InChI is InChI=1S/C11H18INSi/c1-14(2,3)11-6-4-10(5-7-11)8-9-13-12/h4-7,13H,8-9H2,1-3H3. The lowest BCUT2D eigenvalue weighted by molar-refractivity contribution is 0.933. The quantitative estimate of drug-likeness (QED) is 0.511. The molecule has 0 aromatic heterocycles. The van der Waals surface area contributed by atoms with Crippen LogP contribution in [0.1, 0.15) is 5.56 Å². The van der Waals surface area contributed by atoms with E-state index in [4.69, 9.17) is 0 Å². The van der Waals surface area contributed by atoms with Gasteiger partial charge in [-0.15, -0.1) is 0 Å². The van der Waals surface area contributed by atoms with Gasteiger partial charge >= 0.3 is 0 Å². The van der Waals surface area contributed by atoms with Crippen molar-refractivity contribution in [1.29, 1.82) is 0 Å². The lowest BCUT2D eigenvalue weighted by atomic mass is 10.2. The average molecular weight is 319 g/mol. The maximum atomic E-state index is 3.14. The number of hydrogen-bond donors (Lipinski definition) is 1. The Morgan fingerprint density at radius 1 is 1.14 bits per heavy atom. The third kappa shape index (κ3) is 3.71. The highest BCUT2D eigenvalue weighted by molar-refractivity contribution is 14.1. The molecule has 0 fully saturated rings. The van der Waals surface area contributed by atoms with E-state index in [9.17, 15) is 0 Å². The Labute approximate surface area is 102 Å². The van der Waals surface area contributed by atoms with Gasteiger partial charge in [-0.1, -0.05) is 49.1 Å². The summed E-state index contributed by atoms with van der Waals surface area (Å²) in [5.74, 6) is 0. The van der Waals surface area contributed by atoms with Gasteiger partial charge in [-0.25, -0.2) is 0 Å². The summed E-state index contributed by atoms with van der Waals surface area (Å²) in [7, 11) is -1.10. The van der Waals surface area contributed by atoms with Crippen molar-refractivity contribution in [3.63, 3.8) is 0 Å². The molecule has 0 heterocycles. The van der Waals surface area contributed by atoms with Crippen LogP contribution >= 0.6 is 22.9 Å². The minimum Gasteiger partial charge on any atom is -0.261 e. The first kappa shape index (κ1) is 12.2. The predicted molar refractivity (Wildman–Crippen MR) is 75.1 cm³/mol. The minimum absolute atomic E-state index is 1.05. The summed E-state index contributed by atoms with van der Waals surface area (Å²) in [6.45, 7) is 8.20. The van der Waals surface area contributed by atoms with Gasteiger partial charge in [0.1, 0.15) is 0 Å². The van der Waals surface area contributed by atoms with Crippen LogP contribution in [-0.4, -0.2) is 14.6 Å². The van der Waals surface area contributed by atoms with Gasteiger partial charge in [0.15, 0.2) is 0 Å². The Kier molecular flexibility index (Phi) is 4.60. The van der Waals surface area contributed by atoms with E-state index in [0.717, 1.165) is 13.0 Å². The van der Waals surface area contributed by atoms with Crippen LogP contribution in [0.15, 0.2) is 24.3 Å². The molecule has 0 bridgehead atoms. The number of benzene rings is 1.